The van der Waals surface area contributed by atoms with E-state index >= 15 is 0 Å². The van der Waals surface area contributed by atoms with Crippen molar-refractivity contribution in [3.05, 3.63) is 75.0 Å². The van der Waals surface area contributed by atoms with Crippen LogP contribution in [0.2, 0.25) is 26.8 Å². The fourth-order valence-corrected chi connectivity index (χ4v) is 16.6. The Kier molecular flexibility index (Phi) is 8.13. The number of hydrogen-bond acceptors (Lipinski definition) is 5. The zero-order chi connectivity index (χ0) is 27.1. The van der Waals surface area contributed by atoms with Crippen molar-refractivity contribution in [2.45, 2.75) is 69.9 Å². The van der Waals surface area contributed by atoms with Gasteiger partial charge in [-0.15, -0.1) is 0 Å². The van der Waals surface area contributed by atoms with Gasteiger partial charge in [-0.3, -0.25) is 0 Å². The molecule has 2 N–H and O–H groups in total. The summed E-state index contributed by atoms with van der Waals surface area (Å²) in [4.78, 5) is 15.4. The number of aliphatic hydroxyl groups is 1. The topological polar surface area (TPSA) is 65.0 Å². The zero-order valence-corrected chi connectivity index (χ0v) is 25.8. The molecule has 1 aromatic carbocycles. The molecule has 0 radical (unpaired) electrons. The lowest BCUT2D eigenvalue weighted by Crippen LogP contribution is -2.62. The molecule has 0 bridgehead atoms. The molecular weight excluding hydrogens is 539 g/mol. The maximum atomic E-state index is 13.3. The third-order valence-electron chi connectivity index (χ3n) is 7.90. The van der Waals surface area contributed by atoms with Crippen molar-refractivity contribution in [2.24, 2.45) is 0 Å². The number of H-pyrrole nitrogens is 1. The minimum Gasteiger partial charge on any atom is -0.383 e. The minimum absolute atomic E-state index is 0.271. The van der Waals surface area contributed by atoms with E-state index in [1.165, 1.54) is 11.3 Å². The molecule has 4 rings (SSSR count). The van der Waals surface area contributed by atoms with Crippen LogP contribution < -0.4 is 4.90 Å². The standard InChI is InChI=1S/C28H36Cl2N4OSSi/c1-17(2)37(18(3)4,19(5)6)28(35,23-15-32-26-22(23)9-8-14-31-26)24-25(30)33-27(36-24)34(7)16-20-10-12-21(29)13-11-20/h8-15,17-19,35H,16H2,1-7H3,(H,31,32). The molecule has 0 spiro atoms. The molecule has 3 heterocycles. The van der Waals surface area contributed by atoms with E-state index in [9.17, 15) is 5.11 Å². The number of hydrogen-bond donors (Lipinski definition) is 2. The Labute approximate surface area is 234 Å². The second-order valence-corrected chi connectivity index (χ2v) is 18.6. The van der Waals surface area contributed by atoms with Gasteiger partial charge >= 0.3 is 0 Å². The molecule has 0 amide bonds. The van der Waals surface area contributed by atoms with Gasteiger partial charge < -0.3 is 15.0 Å². The summed E-state index contributed by atoms with van der Waals surface area (Å²) in [6.07, 6.45) is 3.70. The predicted molar refractivity (Wildman–Crippen MR) is 161 cm³/mol. The molecule has 1 atom stereocenters. The number of fused-ring (bicyclic) bond motifs is 1. The summed E-state index contributed by atoms with van der Waals surface area (Å²) in [5.74, 6) is 0. The Balaban J connectivity index is 1.94. The van der Waals surface area contributed by atoms with Gasteiger partial charge in [-0.1, -0.05) is 88.2 Å². The highest BCUT2D eigenvalue weighted by Crippen LogP contribution is 2.58. The van der Waals surface area contributed by atoms with Crippen LogP contribution >= 0.6 is 34.5 Å². The molecule has 0 saturated carbocycles. The third-order valence-corrected chi connectivity index (χ3v) is 17.5. The molecule has 4 aromatic rings. The van der Waals surface area contributed by atoms with Crippen molar-refractivity contribution in [3.63, 3.8) is 0 Å². The van der Waals surface area contributed by atoms with Crippen molar-refractivity contribution < 1.29 is 5.11 Å². The summed E-state index contributed by atoms with van der Waals surface area (Å²) in [5, 5.41) is 14.8. The Morgan fingerprint density at radius 1 is 1.03 bits per heavy atom. The van der Waals surface area contributed by atoms with Gasteiger partial charge in [0.2, 0.25) is 0 Å². The van der Waals surface area contributed by atoms with Crippen LogP contribution in [-0.4, -0.2) is 35.2 Å². The number of nitrogens with one attached hydrogen (secondary N) is 1. The number of rotatable bonds is 9. The highest BCUT2D eigenvalue weighted by molar-refractivity contribution is 7.17. The van der Waals surface area contributed by atoms with E-state index in [0.29, 0.717) is 16.7 Å². The molecule has 0 aliphatic heterocycles. The van der Waals surface area contributed by atoms with Crippen molar-refractivity contribution in [2.75, 3.05) is 11.9 Å². The van der Waals surface area contributed by atoms with Crippen LogP contribution in [0.25, 0.3) is 11.0 Å². The van der Waals surface area contributed by atoms with Gasteiger partial charge in [0.25, 0.3) is 0 Å². The molecule has 9 heteroatoms. The molecule has 3 aromatic heterocycles. The largest absolute Gasteiger partial charge is 0.383 e. The van der Waals surface area contributed by atoms with E-state index in [1.807, 2.05) is 49.6 Å². The Bertz CT molecular complexity index is 1350. The fraction of sp³-hybridized carbons (Fsp3) is 0.429. The van der Waals surface area contributed by atoms with Crippen LogP contribution in [0.15, 0.2) is 48.8 Å². The summed E-state index contributed by atoms with van der Waals surface area (Å²) in [7, 11) is -0.616. The molecule has 1 unspecified atom stereocenters. The number of anilines is 1. The van der Waals surface area contributed by atoms with Crippen LogP contribution in [0.4, 0.5) is 5.13 Å². The lowest BCUT2D eigenvalue weighted by atomic mass is 10.1. The van der Waals surface area contributed by atoms with E-state index in [1.54, 1.807) is 6.20 Å². The molecule has 0 saturated heterocycles. The zero-order valence-electron chi connectivity index (χ0n) is 22.5. The van der Waals surface area contributed by atoms with E-state index in [0.717, 1.165) is 32.2 Å². The SMILES string of the molecule is CC(C)[Si](C(C)C)(C(C)C)C(O)(c1sc(N(C)Cc2ccc(Cl)cc2)nc1Cl)c1c[nH]c2ncccc12. The predicted octanol–water partition coefficient (Wildman–Crippen LogP) is 8.42. The Hall–Kier alpha value is -1.90. The number of benzene rings is 1. The molecule has 0 aliphatic rings. The minimum atomic E-state index is -2.62. The maximum Gasteiger partial charge on any atom is 0.187 e. The smallest absolute Gasteiger partial charge is 0.187 e. The van der Waals surface area contributed by atoms with Gasteiger partial charge in [0.15, 0.2) is 5.13 Å². The second kappa shape index (κ2) is 10.7. The van der Waals surface area contributed by atoms with Crippen LogP contribution in [0.3, 0.4) is 0 Å². The average Bonchev–Trinajstić information content (AvgIpc) is 3.44. The van der Waals surface area contributed by atoms with Crippen LogP contribution in [-0.2, 0) is 11.8 Å². The van der Waals surface area contributed by atoms with E-state index < -0.39 is 13.3 Å². The van der Waals surface area contributed by atoms with Gasteiger partial charge in [-0.25, -0.2) is 9.97 Å². The van der Waals surface area contributed by atoms with Crippen molar-refractivity contribution in [3.8, 4) is 0 Å². The monoisotopic (exact) mass is 574 g/mol. The maximum absolute atomic E-state index is 13.3. The Morgan fingerprint density at radius 2 is 1.65 bits per heavy atom. The first-order chi connectivity index (χ1) is 17.4. The molecular formula is C28H36Cl2N4OSSi. The Morgan fingerprint density at radius 3 is 2.24 bits per heavy atom. The van der Waals surface area contributed by atoms with E-state index in [4.69, 9.17) is 28.2 Å². The fourth-order valence-electron chi connectivity index (χ4n) is 6.67. The molecule has 198 valence electrons. The molecule has 0 fully saturated rings. The quantitative estimate of drug-likeness (QED) is 0.197. The van der Waals surface area contributed by atoms with Gasteiger partial charge in [-0.2, -0.15) is 0 Å². The lowest BCUT2D eigenvalue weighted by Gasteiger charge is -2.53. The van der Waals surface area contributed by atoms with Crippen LogP contribution in [0, 0.1) is 0 Å². The summed E-state index contributed by atoms with van der Waals surface area (Å²) in [5.41, 5.74) is 3.53. The van der Waals surface area contributed by atoms with E-state index in [-0.39, 0.29) is 16.6 Å². The average molecular weight is 576 g/mol. The summed E-state index contributed by atoms with van der Waals surface area (Å²) in [6, 6.07) is 11.8. The molecule has 37 heavy (non-hydrogen) atoms. The molecule has 5 nitrogen and oxygen atoms in total. The number of thiazole rings is 1. The first-order valence-corrected chi connectivity index (χ1v) is 16.5. The number of halogens is 2. The third kappa shape index (κ3) is 4.63. The van der Waals surface area contributed by atoms with Gasteiger partial charge in [0.1, 0.15) is 24.1 Å². The number of aromatic nitrogens is 3. The molecule has 0 aliphatic carbocycles. The summed E-state index contributed by atoms with van der Waals surface area (Å²) in [6.45, 7) is 14.2. The highest BCUT2D eigenvalue weighted by atomic mass is 35.5. The number of aromatic amines is 1. The van der Waals surface area contributed by atoms with Crippen molar-refractivity contribution in [1.29, 1.82) is 0 Å². The summed E-state index contributed by atoms with van der Waals surface area (Å²) >= 11 is 14.5. The van der Waals surface area contributed by atoms with Gasteiger partial charge in [0.05, 0.1) is 4.88 Å². The lowest BCUT2D eigenvalue weighted by molar-refractivity contribution is 0.154. The van der Waals surface area contributed by atoms with Crippen molar-refractivity contribution in [1.82, 2.24) is 15.0 Å². The number of pyridine rings is 1. The van der Waals surface area contributed by atoms with Gasteiger partial charge in [-0.05, 0) is 46.5 Å². The second-order valence-electron chi connectivity index (χ2n) is 10.8. The summed E-state index contributed by atoms with van der Waals surface area (Å²) < 4.78 is 0. The highest BCUT2D eigenvalue weighted by Gasteiger charge is 2.62. The normalized spacial score (nSPS) is 14.2. The first-order valence-electron chi connectivity index (χ1n) is 12.7. The van der Waals surface area contributed by atoms with Crippen molar-refractivity contribution >= 4 is 58.8 Å². The van der Waals surface area contributed by atoms with E-state index in [2.05, 4.69) is 56.4 Å². The van der Waals surface area contributed by atoms with Gasteiger partial charge in [0, 0.05) is 42.0 Å². The first kappa shape index (κ1) is 28.1. The van der Waals surface area contributed by atoms with Crippen LogP contribution in [0.1, 0.15) is 57.5 Å². The van der Waals surface area contributed by atoms with Crippen LogP contribution in [0.5, 0.6) is 0 Å². The number of nitrogens with zero attached hydrogens (tertiary/aromatic N) is 3.